The van der Waals surface area contributed by atoms with Gasteiger partial charge in [0.15, 0.2) is 0 Å². The van der Waals surface area contributed by atoms with Crippen molar-refractivity contribution in [1.29, 1.82) is 0 Å². The first-order valence-corrected chi connectivity index (χ1v) is 7.87. The second-order valence-electron chi connectivity index (χ2n) is 6.16. The first-order valence-electron chi connectivity index (χ1n) is 7.49. The van der Waals surface area contributed by atoms with E-state index >= 15 is 0 Å². The molecule has 0 spiro atoms. The molecule has 1 unspecified atom stereocenters. The fourth-order valence-corrected chi connectivity index (χ4v) is 3.04. The van der Waals surface area contributed by atoms with Crippen LogP contribution in [0.25, 0.3) is 0 Å². The molecule has 7 heteroatoms. The van der Waals surface area contributed by atoms with Crippen LogP contribution in [0.15, 0.2) is 24.3 Å². The van der Waals surface area contributed by atoms with E-state index in [4.69, 9.17) is 16.7 Å². The zero-order valence-corrected chi connectivity index (χ0v) is 13.2. The molecular weight excluding hydrogens is 320 g/mol. The maximum Gasteiger partial charge on any atom is 0.311 e. The van der Waals surface area contributed by atoms with Crippen LogP contribution >= 0.6 is 11.6 Å². The number of carboxylic acid groups (broad SMARTS) is 1. The number of nitrogens with zero attached hydrogens (tertiary/aromatic N) is 1. The molecule has 6 nitrogen and oxygen atoms in total. The van der Waals surface area contributed by atoms with E-state index in [0.717, 1.165) is 0 Å². The van der Waals surface area contributed by atoms with Gasteiger partial charge in [0.25, 0.3) is 0 Å². The molecule has 0 bridgehead atoms. The Labute approximate surface area is 138 Å². The van der Waals surface area contributed by atoms with E-state index in [0.29, 0.717) is 23.6 Å². The molecule has 122 valence electrons. The molecule has 1 aliphatic carbocycles. The lowest BCUT2D eigenvalue weighted by molar-refractivity contribution is -0.143. The summed E-state index contributed by atoms with van der Waals surface area (Å²) in [6.45, 7) is 0.381. The van der Waals surface area contributed by atoms with Gasteiger partial charge in [-0.25, -0.2) is 0 Å². The molecule has 1 aromatic rings. The number of carbonyl (C=O) groups is 3. The average Bonchev–Trinajstić information content (AvgIpc) is 3.22. The van der Waals surface area contributed by atoms with E-state index < -0.39 is 17.3 Å². The fraction of sp³-hybridized carbons (Fsp3) is 0.438. The average molecular weight is 337 g/mol. The molecule has 2 aliphatic rings. The quantitative estimate of drug-likeness (QED) is 0.856. The van der Waals surface area contributed by atoms with Crippen LogP contribution in [0.4, 0.5) is 5.69 Å². The Morgan fingerprint density at radius 2 is 2.04 bits per heavy atom. The molecule has 23 heavy (non-hydrogen) atoms. The number of nitrogens with one attached hydrogen (secondary N) is 1. The third-order valence-electron chi connectivity index (χ3n) is 4.55. The molecule has 1 atom stereocenters. The number of carboxylic acids is 1. The lowest BCUT2D eigenvalue weighted by Crippen LogP contribution is -2.38. The van der Waals surface area contributed by atoms with Crippen molar-refractivity contribution in [2.75, 3.05) is 18.0 Å². The predicted octanol–water partition coefficient (Wildman–Crippen LogP) is 1.67. The van der Waals surface area contributed by atoms with Crippen LogP contribution in [0.1, 0.15) is 19.3 Å². The van der Waals surface area contributed by atoms with Gasteiger partial charge in [0.05, 0.1) is 22.0 Å². The second kappa shape index (κ2) is 5.85. The van der Waals surface area contributed by atoms with Crippen LogP contribution in [0.5, 0.6) is 0 Å². The third kappa shape index (κ3) is 3.03. The molecule has 0 aromatic heterocycles. The molecule has 1 aliphatic heterocycles. The number of anilines is 1. The van der Waals surface area contributed by atoms with Crippen LogP contribution < -0.4 is 10.2 Å². The smallest absolute Gasteiger partial charge is 0.311 e. The van der Waals surface area contributed by atoms with Gasteiger partial charge in [0.2, 0.25) is 11.8 Å². The van der Waals surface area contributed by atoms with Crippen molar-refractivity contribution in [1.82, 2.24) is 5.32 Å². The van der Waals surface area contributed by atoms with Gasteiger partial charge < -0.3 is 15.3 Å². The zero-order chi connectivity index (χ0) is 16.6. The highest BCUT2D eigenvalue weighted by Crippen LogP contribution is 2.45. The van der Waals surface area contributed by atoms with Crippen molar-refractivity contribution < 1.29 is 19.5 Å². The number of para-hydroxylation sites is 1. The Morgan fingerprint density at radius 3 is 2.65 bits per heavy atom. The van der Waals surface area contributed by atoms with E-state index in [1.165, 1.54) is 4.90 Å². The van der Waals surface area contributed by atoms with Crippen LogP contribution in [0.2, 0.25) is 5.02 Å². The lowest BCUT2D eigenvalue weighted by atomic mass is 10.1. The summed E-state index contributed by atoms with van der Waals surface area (Å²) in [7, 11) is 0. The molecule has 3 rings (SSSR count). The Kier molecular flexibility index (Phi) is 4.02. The summed E-state index contributed by atoms with van der Waals surface area (Å²) < 4.78 is 0. The number of amides is 2. The Morgan fingerprint density at radius 1 is 1.35 bits per heavy atom. The number of rotatable bonds is 5. The van der Waals surface area contributed by atoms with E-state index in [1.54, 1.807) is 24.3 Å². The van der Waals surface area contributed by atoms with Crippen LogP contribution in [-0.4, -0.2) is 36.0 Å². The van der Waals surface area contributed by atoms with Crippen molar-refractivity contribution in [3.05, 3.63) is 29.3 Å². The third-order valence-corrected chi connectivity index (χ3v) is 4.87. The molecule has 2 N–H and O–H groups in total. The maximum absolute atomic E-state index is 12.2. The van der Waals surface area contributed by atoms with Crippen molar-refractivity contribution >= 4 is 35.1 Å². The van der Waals surface area contributed by atoms with E-state index in [-0.39, 0.29) is 31.3 Å². The Bertz CT molecular complexity index is 672. The van der Waals surface area contributed by atoms with Crippen LogP contribution in [-0.2, 0) is 14.4 Å². The summed E-state index contributed by atoms with van der Waals surface area (Å²) in [5.74, 6) is -1.79. The van der Waals surface area contributed by atoms with Gasteiger partial charge in [0, 0.05) is 19.5 Å². The maximum atomic E-state index is 12.2. The van der Waals surface area contributed by atoms with Gasteiger partial charge in [-0.05, 0) is 25.0 Å². The van der Waals surface area contributed by atoms with Crippen molar-refractivity contribution in [2.45, 2.75) is 19.3 Å². The second-order valence-corrected chi connectivity index (χ2v) is 6.57. The largest absolute Gasteiger partial charge is 0.481 e. The minimum atomic E-state index is -0.877. The van der Waals surface area contributed by atoms with E-state index in [9.17, 15) is 14.4 Å². The highest BCUT2D eigenvalue weighted by Gasteiger charge is 2.50. The van der Waals surface area contributed by atoms with Crippen molar-refractivity contribution in [3.8, 4) is 0 Å². The number of hydrogen-bond acceptors (Lipinski definition) is 3. The molecule has 1 saturated carbocycles. The van der Waals surface area contributed by atoms with Gasteiger partial charge in [-0.2, -0.15) is 0 Å². The minimum absolute atomic E-state index is 0.108. The number of halogens is 1. The molecule has 1 saturated heterocycles. The first kappa shape index (κ1) is 15.8. The van der Waals surface area contributed by atoms with Gasteiger partial charge in [0.1, 0.15) is 0 Å². The predicted molar refractivity (Wildman–Crippen MR) is 84.2 cm³/mol. The summed E-state index contributed by atoms with van der Waals surface area (Å²) in [6.07, 6.45) is 1.27. The summed E-state index contributed by atoms with van der Waals surface area (Å²) in [5.41, 5.74) is -0.209. The molecular formula is C16H17ClN2O4. The van der Waals surface area contributed by atoms with Gasteiger partial charge in [-0.3, -0.25) is 14.4 Å². The van der Waals surface area contributed by atoms with Crippen LogP contribution in [0, 0.1) is 11.3 Å². The highest BCUT2D eigenvalue weighted by atomic mass is 35.5. The lowest BCUT2D eigenvalue weighted by Gasteiger charge is -2.18. The minimum Gasteiger partial charge on any atom is -0.481 e. The summed E-state index contributed by atoms with van der Waals surface area (Å²) in [5, 5.41) is 12.3. The number of benzene rings is 1. The summed E-state index contributed by atoms with van der Waals surface area (Å²) in [6, 6.07) is 6.99. The number of aliphatic carboxylic acids is 1. The number of hydrogen-bond donors (Lipinski definition) is 2. The summed E-state index contributed by atoms with van der Waals surface area (Å²) in [4.78, 5) is 37.0. The molecule has 1 aromatic carbocycles. The standard InChI is InChI=1S/C16H17ClN2O4/c17-11-3-1-2-4-12(11)19-8-10(7-13(19)20)14(21)18-9-16(5-6-16)15(22)23/h1-4,10H,5-9H2,(H,18,21)(H,22,23). The Balaban J connectivity index is 1.62. The van der Waals surface area contributed by atoms with E-state index in [2.05, 4.69) is 5.32 Å². The number of carbonyl (C=O) groups excluding carboxylic acids is 2. The molecule has 2 amide bonds. The monoisotopic (exact) mass is 336 g/mol. The Hall–Kier alpha value is -2.08. The molecule has 2 fully saturated rings. The van der Waals surface area contributed by atoms with Crippen molar-refractivity contribution in [2.24, 2.45) is 11.3 Å². The SMILES string of the molecule is O=C(NCC1(C(=O)O)CC1)C1CC(=O)N(c2ccccc2Cl)C1. The first-order chi connectivity index (χ1) is 10.9. The topological polar surface area (TPSA) is 86.7 Å². The molecule has 1 heterocycles. The van der Waals surface area contributed by atoms with Gasteiger partial charge in [-0.15, -0.1) is 0 Å². The fourth-order valence-electron chi connectivity index (χ4n) is 2.80. The van der Waals surface area contributed by atoms with Gasteiger partial charge in [-0.1, -0.05) is 23.7 Å². The van der Waals surface area contributed by atoms with Crippen molar-refractivity contribution in [3.63, 3.8) is 0 Å². The molecule has 0 radical (unpaired) electrons. The van der Waals surface area contributed by atoms with Crippen LogP contribution in [0.3, 0.4) is 0 Å². The van der Waals surface area contributed by atoms with Gasteiger partial charge >= 0.3 is 5.97 Å². The summed E-state index contributed by atoms with van der Waals surface area (Å²) >= 11 is 6.10. The van der Waals surface area contributed by atoms with E-state index in [1.807, 2.05) is 0 Å². The zero-order valence-electron chi connectivity index (χ0n) is 12.4. The normalized spacial score (nSPS) is 22.0. The highest BCUT2D eigenvalue weighted by molar-refractivity contribution is 6.33.